The second kappa shape index (κ2) is 6.91. The summed E-state index contributed by atoms with van der Waals surface area (Å²) in [5.41, 5.74) is 6.44. The third-order valence-corrected chi connectivity index (χ3v) is 2.27. The Morgan fingerprint density at radius 3 is 3.25 bits per heavy atom. The van der Waals surface area contributed by atoms with Gasteiger partial charge >= 0.3 is 6.03 Å². The molecule has 0 radical (unpaired) electrons. The summed E-state index contributed by atoms with van der Waals surface area (Å²) in [6.07, 6.45) is 4.87. The van der Waals surface area contributed by atoms with Crippen LogP contribution in [0.15, 0.2) is 40.5 Å². The number of rotatable bonds is 4. The molecule has 1 saturated heterocycles. The minimum absolute atomic E-state index is 0.221. The fourth-order valence-corrected chi connectivity index (χ4v) is 1.35. The molecule has 0 unspecified atom stereocenters. The number of urea groups is 1. The van der Waals surface area contributed by atoms with Crippen molar-refractivity contribution in [1.29, 1.82) is 0 Å². The molecular formula is C12H14N6O2. The lowest BCUT2D eigenvalue weighted by atomic mass is 10.3. The van der Waals surface area contributed by atoms with Gasteiger partial charge in [-0.05, 0) is 18.1 Å². The molecule has 8 nitrogen and oxygen atoms in total. The molecule has 1 aliphatic rings. The summed E-state index contributed by atoms with van der Waals surface area (Å²) >= 11 is 0. The summed E-state index contributed by atoms with van der Waals surface area (Å²) in [5, 5.41) is 8.93. The van der Waals surface area contributed by atoms with Crippen molar-refractivity contribution >= 4 is 18.1 Å². The topological polar surface area (TPSA) is 91.2 Å². The maximum Gasteiger partial charge on any atom is 0.356 e. The van der Waals surface area contributed by atoms with Gasteiger partial charge in [0, 0.05) is 18.0 Å². The Morgan fingerprint density at radius 2 is 2.50 bits per heavy atom. The summed E-state index contributed by atoms with van der Waals surface area (Å²) in [6.45, 7) is 2.49. The molecule has 0 aliphatic carbocycles. The lowest BCUT2D eigenvalue weighted by Gasteiger charge is -2.24. The zero-order valence-corrected chi connectivity index (χ0v) is 10.9. The quantitative estimate of drug-likeness (QED) is 0.616. The van der Waals surface area contributed by atoms with Crippen LogP contribution in [-0.2, 0) is 4.84 Å². The lowest BCUT2D eigenvalue weighted by molar-refractivity contribution is 0.160. The van der Waals surface area contributed by atoms with E-state index in [1.807, 2.05) is 13.0 Å². The first-order valence-corrected chi connectivity index (χ1v) is 6.01. The van der Waals surface area contributed by atoms with E-state index in [0.717, 1.165) is 5.56 Å². The number of aromatic nitrogens is 1. The number of carbonyl (C=O) groups excluding carboxylic acids is 1. The number of hydrogen-bond donors (Lipinski definition) is 2. The van der Waals surface area contributed by atoms with Gasteiger partial charge in [0.2, 0.25) is 0 Å². The predicted octanol–water partition coefficient (Wildman–Crippen LogP) is 0.450. The molecule has 2 rings (SSSR count). The van der Waals surface area contributed by atoms with Crippen LogP contribution in [0, 0.1) is 0 Å². The van der Waals surface area contributed by atoms with E-state index in [0.29, 0.717) is 12.3 Å². The minimum atomic E-state index is -0.368. The molecule has 1 aliphatic heterocycles. The van der Waals surface area contributed by atoms with E-state index in [2.05, 4.69) is 32.0 Å². The van der Waals surface area contributed by atoms with Crippen LogP contribution >= 0.6 is 0 Å². The normalized spacial score (nSPS) is 14.6. The van der Waals surface area contributed by atoms with E-state index in [1.165, 1.54) is 5.01 Å². The van der Waals surface area contributed by atoms with Crippen LogP contribution in [0.4, 0.5) is 4.79 Å². The van der Waals surface area contributed by atoms with Gasteiger partial charge in [0.1, 0.15) is 12.3 Å². The number of hydrogen-bond acceptors (Lipinski definition) is 6. The van der Waals surface area contributed by atoms with Crippen molar-refractivity contribution in [3.63, 3.8) is 0 Å². The summed E-state index contributed by atoms with van der Waals surface area (Å²) in [5.74, 6) is 2.64. The second-order valence-electron chi connectivity index (χ2n) is 3.74. The molecular weight excluding hydrogens is 260 g/mol. The first-order chi connectivity index (χ1) is 9.79. The molecule has 0 saturated carbocycles. The van der Waals surface area contributed by atoms with E-state index in [9.17, 15) is 4.79 Å². The van der Waals surface area contributed by atoms with Gasteiger partial charge in [-0.2, -0.15) is 5.10 Å². The first-order valence-electron chi connectivity index (χ1n) is 6.01. The highest BCUT2D eigenvalue weighted by molar-refractivity contribution is 5.82. The molecule has 8 heteroatoms. The van der Waals surface area contributed by atoms with Crippen molar-refractivity contribution in [2.24, 2.45) is 10.3 Å². The molecule has 1 fully saturated rings. The Kier molecular flexibility index (Phi) is 4.69. The largest absolute Gasteiger partial charge is 0.389 e. The van der Waals surface area contributed by atoms with Gasteiger partial charge in [0.05, 0.1) is 18.6 Å². The Balaban J connectivity index is 2.04. The van der Waals surface area contributed by atoms with Crippen LogP contribution in [0.5, 0.6) is 0 Å². The van der Waals surface area contributed by atoms with Crippen LogP contribution in [0.25, 0.3) is 0 Å². The number of carbonyl (C=O) groups is 1. The summed E-state index contributed by atoms with van der Waals surface area (Å²) < 4.78 is 0. The van der Waals surface area contributed by atoms with E-state index >= 15 is 0 Å². The first kappa shape index (κ1) is 13.6. The molecule has 0 spiro atoms. The Hall–Kier alpha value is -2.86. The maximum absolute atomic E-state index is 11.6. The van der Waals surface area contributed by atoms with Crippen molar-refractivity contribution in [3.8, 4) is 0 Å². The van der Waals surface area contributed by atoms with Gasteiger partial charge in [0.25, 0.3) is 0 Å². The Morgan fingerprint density at radius 1 is 1.60 bits per heavy atom. The second-order valence-corrected chi connectivity index (χ2v) is 3.74. The van der Waals surface area contributed by atoms with Crippen molar-refractivity contribution in [2.45, 2.75) is 6.92 Å². The fraction of sp³-hybridized carbons (Fsp3) is 0.250. The highest BCUT2D eigenvalue weighted by Crippen LogP contribution is 2.01. The molecule has 2 heterocycles. The average molecular weight is 274 g/mol. The Bertz CT molecular complexity index is 550. The van der Waals surface area contributed by atoms with Crippen LogP contribution in [-0.4, -0.2) is 41.3 Å². The monoisotopic (exact) mass is 274 g/mol. The molecule has 2 N–H and O–H groups in total. The van der Waals surface area contributed by atoms with E-state index in [1.54, 1.807) is 24.7 Å². The standard InChI is InChI=1S/C12H14N6O2/c1-2-20-15-8-11-9-18(12(19)17-16-11)14-7-10-4-3-5-13-6-10/h3-7,16H,2,9H2,1H3,(H,17,19)/b14-7+. The van der Waals surface area contributed by atoms with Crippen molar-refractivity contribution in [3.05, 3.63) is 35.8 Å². The number of amides is 2. The molecule has 2 amide bonds. The van der Waals surface area contributed by atoms with Gasteiger partial charge in [-0.15, -0.1) is 0 Å². The predicted molar refractivity (Wildman–Crippen MR) is 72.8 cm³/mol. The zero-order valence-electron chi connectivity index (χ0n) is 10.9. The third-order valence-electron chi connectivity index (χ3n) is 2.27. The number of nitrogens with zero attached hydrogens (tertiary/aromatic N) is 4. The highest BCUT2D eigenvalue weighted by Gasteiger charge is 2.19. The molecule has 20 heavy (non-hydrogen) atoms. The lowest BCUT2D eigenvalue weighted by Crippen LogP contribution is -2.52. The number of hydrazone groups is 1. The molecule has 0 bridgehead atoms. The SMILES string of the molecule is CCON=C=C1CN(/N=C/c2cccnc2)C(=O)NN1. The number of pyridine rings is 1. The number of nitrogens with one attached hydrogen (secondary N) is 2. The summed E-state index contributed by atoms with van der Waals surface area (Å²) in [6, 6.07) is 3.26. The zero-order chi connectivity index (χ0) is 14.2. The van der Waals surface area contributed by atoms with Gasteiger partial charge < -0.3 is 4.84 Å². The van der Waals surface area contributed by atoms with E-state index < -0.39 is 0 Å². The van der Waals surface area contributed by atoms with Gasteiger partial charge in [-0.25, -0.2) is 15.2 Å². The molecule has 0 atom stereocenters. The fourth-order valence-electron chi connectivity index (χ4n) is 1.35. The summed E-state index contributed by atoms with van der Waals surface area (Å²) in [4.78, 5) is 20.4. The minimum Gasteiger partial charge on any atom is -0.389 e. The number of hydrazine groups is 1. The molecule has 1 aromatic heterocycles. The average Bonchev–Trinajstić information content (AvgIpc) is 2.49. The van der Waals surface area contributed by atoms with Crippen molar-refractivity contribution < 1.29 is 9.63 Å². The smallest absolute Gasteiger partial charge is 0.356 e. The van der Waals surface area contributed by atoms with Crippen LogP contribution in [0.2, 0.25) is 0 Å². The van der Waals surface area contributed by atoms with Crippen molar-refractivity contribution in [1.82, 2.24) is 20.8 Å². The third kappa shape index (κ3) is 3.82. The van der Waals surface area contributed by atoms with Crippen LogP contribution in [0.1, 0.15) is 12.5 Å². The van der Waals surface area contributed by atoms with Crippen LogP contribution < -0.4 is 10.9 Å². The van der Waals surface area contributed by atoms with Gasteiger partial charge in [-0.1, -0.05) is 6.07 Å². The van der Waals surface area contributed by atoms with Crippen molar-refractivity contribution in [2.75, 3.05) is 13.2 Å². The Labute approximate surface area is 115 Å². The molecule has 0 aromatic carbocycles. The highest BCUT2D eigenvalue weighted by atomic mass is 16.6. The molecule has 104 valence electrons. The van der Waals surface area contributed by atoms with Gasteiger partial charge in [-0.3, -0.25) is 10.4 Å². The van der Waals surface area contributed by atoms with Gasteiger partial charge in [0.15, 0.2) is 0 Å². The maximum atomic E-state index is 11.6. The van der Waals surface area contributed by atoms with Crippen LogP contribution in [0.3, 0.4) is 0 Å². The summed E-state index contributed by atoms with van der Waals surface area (Å²) in [7, 11) is 0. The van der Waals surface area contributed by atoms with E-state index in [4.69, 9.17) is 4.84 Å². The molecule has 1 aromatic rings. The van der Waals surface area contributed by atoms with E-state index in [-0.39, 0.29) is 12.6 Å².